The summed E-state index contributed by atoms with van der Waals surface area (Å²) in [7, 11) is 0. The van der Waals surface area contributed by atoms with E-state index < -0.39 is 0 Å². The monoisotopic (exact) mass is 476 g/mol. The third-order valence-electron chi connectivity index (χ3n) is 6.92. The molecule has 0 radical (unpaired) electrons. The van der Waals surface area contributed by atoms with Gasteiger partial charge in [-0.15, -0.1) is 11.3 Å². The highest BCUT2D eigenvalue weighted by molar-refractivity contribution is 7.13. The first kappa shape index (κ1) is 23.0. The SMILES string of the molecule is O=C(C(c1ccccc1)c1ccccc1)N1CCN(c2nccs2)CC1CN1CCCC(O)C1. The molecule has 2 saturated heterocycles. The molecular weight excluding hydrogens is 444 g/mol. The summed E-state index contributed by atoms with van der Waals surface area (Å²) in [5.74, 6) is -0.179. The fourth-order valence-corrected chi connectivity index (χ4v) is 5.96. The summed E-state index contributed by atoms with van der Waals surface area (Å²) in [6.07, 6.45) is 3.42. The fourth-order valence-electron chi connectivity index (χ4n) is 5.28. The number of nitrogens with zero attached hydrogens (tertiary/aromatic N) is 4. The minimum Gasteiger partial charge on any atom is -0.392 e. The Labute approximate surface area is 205 Å². The second kappa shape index (κ2) is 10.7. The third-order valence-corrected chi connectivity index (χ3v) is 7.75. The van der Waals surface area contributed by atoms with Crippen molar-refractivity contribution in [2.45, 2.75) is 30.9 Å². The van der Waals surface area contributed by atoms with Crippen molar-refractivity contribution in [3.8, 4) is 0 Å². The number of amides is 1. The Hall–Kier alpha value is -2.74. The highest BCUT2D eigenvalue weighted by atomic mass is 32.1. The predicted octanol–water partition coefficient (Wildman–Crippen LogP) is 3.45. The van der Waals surface area contributed by atoms with Gasteiger partial charge >= 0.3 is 0 Å². The highest BCUT2D eigenvalue weighted by Crippen LogP contribution is 2.30. The van der Waals surface area contributed by atoms with Crippen molar-refractivity contribution in [3.63, 3.8) is 0 Å². The average molecular weight is 477 g/mol. The molecule has 1 amide bonds. The van der Waals surface area contributed by atoms with E-state index in [-0.39, 0.29) is 24.0 Å². The van der Waals surface area contributed by atoms with Gasteiger partial charge in [0.1, 0.15) is 0 Å². The van der Waals surface area contributed by atoms with E-state index in [1.807, 2.05) is 48.0 Å². The molecule has 3 aromatic rings. The molecule has 2 aliphatic rings. The van der Waals surface area contributed by atoms with Crippen LogP contribution in [0.2, 0.25) is 0 Å². The van der Waals surface area contributed by atoms with Crippen LogP contribution in [0.4, 0.5) is 5.13 Å². The summed E-state index contributed by atoms with van der Waals surface area (Å²) < 4.78 is 0. The van der Waals surface area contributed by atoms with E-state index in [1.165, 1.54) is 0 Å². The van der Waals surface area contributed by atoms with E-state index in [4.69, 9.17) is 0 Å². The fraction of sp³-hybridized carbons (Fsp3) is 0.407. The van der Waals surface area contributed by atoms with Gasteiger partial charge in [0.15, 0.2) is 5.13 Å². The van der Waals surface area contributed by atoms with E-state index in [0.717, 1.165) is 55.3 Å². The maximum Gasteiger partial charge on any atom is 0.234 e. The van der Waals surface area contributed by atoms with Crippen molar-refractivity contribution >= 4 is 22.4 Å². The van der Waals surface area contributed by atoms with E-state index >= 15 is 0 Å². The number of β-amino-alcohol motifs (C(OH)–C–C–N with tert-alkyl or cyclic N) is 1. The van der Waals surface area contributed by atoms with Gasteiger partial charge in [-0.3, -0.25) is 9.69 Å². The number of thiazole rings is 1. The van der Waals surface area contributed by atoms with Gasteiger partial charge in [0.25, 0.3) is 0 Å². The molecule has 2 atom stereocenters. The first-order valence-electron chi connectivity index (χ1n) is 12.1. The number of hydrogen-bond donors (Lipinski definition) is 1. The van der Waals surface area contributed by atoms with Crippen LogP contribution in [0.1, 0.15) is 29.9 Å². The number of piperidine rings is 1. The third kappa shape index (κ3) is 5.17. The lowest BCUT2D eigenvalue weighted by Gasteiger charge is -2.45. The summed E-state index contributed by atoms with van der Waals surface area (Å²) >= 11 is 1.65. The summed E-state index contributed by atoms with van der Waals surface area (Å²) in [6.45, 7) is 4.59. The number of carbonyl (C=O) groups is 1. The van der Waals surface area contributed by atoms with Crippen LogP contribution in [-0.4, -0.2) is 77.2 Å². The van der Waals surface area contributed by atoms with Gasteiger partial charge in [0.2, 0.25) is 5.91 Å². The Morgan fingerprint density at radius 3 is 2.32 bits per heavy atom. The second-order valence-electron chi connectivity index (χ2n) is 9.26. The molecule has 178 valence electrons. The van der Waals surface area contributed by atoms with Crippen LogP contribution in [0.3, 0.4) is 0 Å². The summed E-state index contributed by atoms with van der Waals surface area (Å²) in [5.41, 5.74) is 2.04. The van der Waals surface area contributed by atoms with E-state index in [9.17, 15) is 9.90 Å². The first-order valence-corrected chi connectivity index (χ1v) is 13.0. The Bertz CT molecular complexity index is 1010. The number of piperazine rings is 1. The maximum atomic E-state index is 14.2. The minimum absolute atomic E-state index is 0.0328. The molecule has 2 unspecified atom stereocenters. The standard InChI is InChI=1S/C27H32N4O2S/c32-24-12-7-14-29(20-24)18-23-19-30(27-28-13-17-34-27)15-16-31(23)26(33)25(21-8-3-1-4-9-21)22-10-5-2-6-11-22/h1-6,8-11,13,17,23-25,32H,7,12,14-16,18-20H2. The largest absolute Gasteiger partial charge is 0.392 e. The summed E-state index contributed by atoms with van der Waals surface area (Å²) in [6, 6.07) is 20.3. The van der Waals surface area contributed by atoms with Crippen LogP contribution in [0, 0.1) is 0 Å². The first-order chi connectivity index (χ1) is 16.7. The number of anilines is 1. The number of likely N-dealkylation sites (tertiary alicyclic amines) is 1. The normalized spacial score (nSPS) is 21.7. The molecule has 5 rings (SSSR count). The van der Waals surface area contributed by atoms with Crippen molar-refractivity contribution in [2.24, 2.45) is 0 Å². The van der Waals surface area contributed by atoms with Gasteiger partial charge in [-0.25, -0.2) is 4.98 Å². The quantitative estimate of drug-likeness (QED) is 0.591. The molecule has 2 aromatic carbocycles. The number of benzene rings is 2. The smallest absolute Gasteiger partial charge is 0.234 e. The Kier molecular flexibility index (Phi) is 7.23. The number of aliphatic hydroxyl groups excluding tert-OH is 1. The zero-order valence-electron chi connectivity index (χ0n) is 19.4. The van der Waals surface area contributed by atoms with E-state index in [0.29, 0.717) is 13.1 Å². The molecule has 2 fully saturated rings. The number of rotatable bonds is 6. The summed E-state index contributed by atoms with van der Waals surface area (Å²) in [5, 5.41) is 13.2. The second-order valence-corrected chi connectivity index (χ2v) is 10.1. The van der Waals surface area contributed by atoms with Crippen molar-refractivity contribution in [1.82, 2.24) is 14.8 Å². The zero-order chi connectivity index (χ0) is 23.3. The van der Waals surface area contributed by atoms with Crippen LogP contribution < -0.4 is 4.90 Å². The van der Waals surface area contributed by atoms with E-state index in [2.05, 4.69) is 43.9 Å². The lowest BCUT2D eigenvalue weighted by atomic mass is 9.89. The zero-order valence-corrected chi connectivity index (χ0v) is 20.2. The number of aromatic nitrogens is 1. The Morgan fingerprint density at radius 2 is 1.71 bits per heavy atom. The molecule has 0 saturated carbocycles. The lowest BCUT2D eigenvalue weighted by molar-refractivity contribution is -0.135. The van der Waals surface area contributed by atoms with Crippen LogP contribution in [-0.2, 0) is 4.79 Å². The van der Waals surface area contributed by atoms with Crippen LogP contribution in [0.5, 0.6) is 0 Å². The van der Waals surface area contributed by atoms with Crippen LogP contribution in [0.25, 0.3) is 0 Å². The molecule has 0 bridgehead atoms. The average Bonchev–Trinajstić information content (AvgIpc) is 3.41. The van der Waals surface area contributed by atoms with Crippen molar-refractivity contribution < 1.29 is 9.90 Å². The molecule has 6 nitrogen and oxygen atoms in total. The Balaban J connectivity index is 1.43. The molecule has 0 aliphatic carbocycles. The van der Waals surface area contributed by atoms with Gasteiger partial charge in [0, 0.05) is 44.3 Å². The van der Waals surface area contributed by atoms with Crippen LogP contribution >= 0.6 is 11.3 Å². The molecule has 3 heterocycles. The minimum atomic E-state index is -0.330. The van der Waals surface area contributed by atoms with Gasteiger partial charge in [0.05, 0.1) is 18.1 Å². The maximum absolute atomic E-state index is 14.2. The van der Waals surface area contributed by atoms with Gasteiger partial charge in [-0.2, -0.15) is 0 Å². The molecular formula is C27H32N4O2S. The van der Waals surface area contributed by atoms with Crippen molar-refractivity contribution in [1.29, 1.82) is 0 Å². The Morgan fingerprint density at radius 1 is 1.00 bits per heavy atom. The van der Waals surface area contributed by atoms with Crippen molar-refractivity contribution in [3.05, 3.63) is 83.4 Å². The number of hydrogen-bond acceptors (Lipinski definition) is 6. The molecule has 34 heavy (non-hydrogen) atoms. The van der Waals surface area contributed by atoms with Gasteiger partial charge in [-0.05, 0) is 30.5 Å². The van der Waals surface area contributed by atoms with Crippen LogP contribution in [0.15, 0.2) is 72.2 Å². The number of aliphatic hydroxyl groups is 1. The molecule has 0 spiro atoms. The van der Waals surface area contributed by atoms with Gasteiger partial charge in [-0.1, -0.05) is 60.7 Å². The highest BCUT2D eigenvalue weighted by Gasteiger charge is 2.37. The molecule has 1 aromatic heterocycles. The summed E-state index contributed by atoms with van der Waals surface area (Å²) in [4.78, 5) is 25.5. The molecule has 2 aliphatic heterocycles. The molecule has 7 heteroatoms. The number of carbonyl (C=O) groups excluding carboxylic acids is 1. The van der Waals surface area contributed by atoms with E-state index in [1.54, 1.807) is 11.3 Å². The van der Waals surface area contributed by atoms with Crippen molar-refractivity contribution in [2.75, 3.05) is 44.2 Å². The topological polar surface area (TPSA) is 59.9 Å². The molecule has 1 N–H and O–H groups in total. The van der Waals surface area contributed by atoms with Gasteiger partial charge < -0.3 is 14.9 Å². The lowest BCUT2D eigenvalue weighted by Crippen LogP contribution is -2.60. The predicted molar refractivity (Wildman–Crippen MR) is 136 cm³/mol.